The molecule has 1 heterocycles. The van der Waals surface area contributed by atoms with Crippen LogP contribution in [0.5, 0.6) is 0 Å². The van der Waals surface area contributed by atoms with E-state index in [4.69, 9.17) is 11.6 Å². The summed E-state index contributed by atoms with van der Waals surface area (Å²) < 4.78 is 0.858. The van der Waals surface area contributed by atoms with Crippen molar-refractivity contribution in [2.45, 2.75) is 12.8 Å². The largest absolute Gasteiger partial charge is 0.351 e. The molecule has 0 bridgehead atoms. The van der Waals surface area contributed by atoms with Crippen LogP contribution in [0.2, 0.25) is 5.02 Å². The van der Waals surface area contributed by atoms with Gasteiger partial charge in [0.05, 0.1) is 10.6 Å². The number of nitrogens with one attached hydrogen (secondary N) is 1. The molecule has 0 aliphatic carbocycles. The van der Waals surface area contributed by atoms with Crippen LogP contribution in [-0.4, -0.2) is 37.0 Å². The molecule has 0 radical (unpaired) electrons. The lowest BCUT2D eigenvalue weighted by Gasteiger charge is -2.15. The van der Waals surface area contributed by atoms with Gasteiger partial charge in [-0.2, -0.15) is 0 Å². The number of nitrogens with zero attached hydrogens (tertiary/aromatic N) is 1. The minimum absolute atomic E-state index is 0.111. The van der Waals surface area contributed by atoms with E-state index in [0.717, 1.165) is 24.1 Å². The van der Waals surface area contributed by atoms with Crippen molar-refractivity contribution >= 4 is 33.4 Å². The molecule has 0 saturated carbocycles. The fraction of sp³-hybridized carbons (Fsp3) is 0.462. The minimum Gasteiger partial charge on any atom is -0.351 e. The highest BCUT2D eigenvalue weighted by atomic mass is 79.9. The van der Waals surface area contributed by atoms with Crippen molar-refractivity contribution < 1.29 is 4.79 Å². The van der Waals surface area contributed by atoms with Crippen LogP contribution in [0.4, 0.5) is 0 Å². The van der Waals surface area contributed by atoms with E-state index in [9.17, 15) is 4.79 Å². The third-order valence-corrected chi connectivity index (χ3v) is 3.91. The van der Waals surface area contributed by atoms with Gasteiger partial charge < -0.3 is 10.2 Å². The molecule has 1 aromatic rings. The van der Waals surface area contributed by atoms with Crippen LogP contribution in [0, 0.1) is 0 Å². The Morgan fingerprint density at radius 2 is 2.11 bits per heavy atom. The molecular formula is C13H16BrClN2O. The Kier molecular flexibility index (Phi) is 5.03. The fourth-order valence-electron chi connectivity index (χ4n) is 2.10. The number of carbonyl (C=O) groups excluding carboxylic acids is 1. The van der Waals surface area contributed by atoms with Crippen LogP contribution in [-0.2, 0) is 0 Å². The van der Waals surface area contributed by atoms with Crippen LogP contribution in [0.25, 0.3) is 0 Å². The first-order valence-corrected chi connectivity index (χ1v) is 7.29. The van der Waals surface area contributed by atoms with Gasteiger partial charge in [-0.25, -0.2) is 0 Å². The summed E-state index contributed by atoms with van der Waals surface area (Å²) in [4.78, 5) is 14.3. The summed E-state index contributed by atoms with van der Waals surface area (Å²) in [7, 11) is 0. The van der Waals surface area contributed by atoms with Gasteiger partial charge in [0.1, 0.15) is 0 Å². The van der Waals surface area contributed by atoms with Crippen molar-refractivity contribution in [3.8, 4) is 0 Å². The highest BCUT2D eigenvalue weighted by Gasteiger charge is 2.13. The number of carbonyl (C=O) groups is 1. The van der Waals surface area contributed by atoms with E-state index in [1.165, 1.54) is 12.8 Å². The second-order valence-corrected chi connectivity index (χ2v) is 5.75. The van der Waals surface area contributed by atoms with Crippen LogP contribution >= 0.6 is 27.5 Å². The number of rotatable bonds is 4. The average Bonchev–Trinajstić information content (AvgIpc) is 2.85. The molecular weight excluding hydrogens is 316 g/mol. The molecule has 1 N–H and O–H groups in total. The van der Waals surface area contributed by atoms with Gasteiger partial charge in [0, 0.05) is 17.6 Å². The van der Waals surface area contributed by atoms with Crippen LogP contribution < -0.4 is 5.32 Å². The summed E-state index contributed by atoms with van der Waals surface area (Å²) in [6, 6.07) is 5.29. The van der Waals surface area contributed by atoms with Gasteiger partial charge in [-0.05, 0) is 44.1 Å². The second kappa shape index (κ2) is 6.55. The van der Waals surface area contributed by atoms with Gasteiger partial charge >= 0.3 is 0 Å². The maximum absolute atomic E-state index is 12.0. The fourth-order valence-corrected chi connectivity index (χ4v) is 2.66. The minimum atomic E-state index is -0.111. The highest BCUT2D eigenvalue weighted by molar-refractivity contribution is 9.10. The highest BCUT2D eigenvalue weighted by Crippen LogP contribution is 2.20. The molecule has 18 heavy (non-hydrogen) atoms. The Labute approximate surface area is 121 Å². The number of hydrogen-bond acceptors (Lipinski definition) is 2. The van der Waals surface area contributed by atoms with Gasteiger partial charge in [-0.3, -0.25) is 4.79 Å². The van der Waals surface area contributed by atoms with Crippen molar-refractivity contribution in [1.29, 1.82) is 0 Å². The first-order chi connectivity index (χ1) is 8.66. The lowest BCUT2D eigenvalue weighted by molar-refractivity contribution is 0.0950. The Bertz CT molecular complexity index is 433. The van der Waals surface area contributed by atoms with E-state index < -0.39 is 0 Å². The predicted molar refractivity (Wildman–Crippen MR) is 77.2 cm³/mol. The first kappa shape index (κ1) is 13.8. The van der Waals surface area contributed by atoms with E-state index in [1.807, 2.05) is 6.07 Å². The third-order valence-electron chi connectivity index (χ3n) is 3.09. The van der Waals surface area contributed by atoms with Gasteiger partial charge in [-0.15, -0.1) is 0 Å². The monoisotopic (exact) mass is 330 g/mol. The smallest absolute Gasteiger partial charge is 0.252 e. The molecule has 1 saturated heterocycles. The number of hydrogen-bond donors (Lipinski definition) is 1. The van der Waals surface area contributed by atoms with Crippen molar-refractivity contribution in [2.75, 3.05) is 26.2 Å². The van der Waals surface area contributed by atoms with Crippen molar-refractivity contribution in [1.82, 2.24) is 10.2 Å². The lowest BCUT2D eigenvalue weighted by atomic mass is 10.2. The quantitative estimate of drug-likeness (QED) is 0.920. The third kappa shape index (κ3) is 3.70. The van der Waals surface area contributed by atoms with Crippen molar-refractivity contribution in [3.05, 3.63) is 33.3 Å². The predicted octanol–water partition coefficient (Wildman–Crippen LogP) is 2.93. The Hall–Kier alpha value is -0.580. The van der Waals surface area contributed by atoms with E-state index in [0.29, 0.717) is 17.1 Å². The molecule has 98 valence electrons. The van der Waals surface area contributed by atoms with Crippen LogP contribution in [0.15, 0.2) is 22.7 Å². The second-order valence-electron chi connectivity index (χ2n) is 4.43. The summed E-state index contributed by atoms with van der Waals surface area (Å²) >= 11 is 9.34. The Balaban J connectivity index is 1.85. The average molecular weight is 332 g/mol. The van der Waals surface area contributed by atoms with Crippen LogP contribution in [0.1, 0.15) is 23.2 Å². The molecule has 0 unspecified atom stereocenters. The van der Waals surface area contributed by atoms with Crippen molar-refractivity contribution in [2.24, 2.45) is 0 Å². The van der Waals surface area contributed by atoms with Gasteiger partial charge in [0.15, 0.2) is 0 Å². The van der Waals surface area contributed by atoms with E-state index in [2.05, 4.69) is 26.1 Å². The summed E-state index contributed by atoms with van der Waals surface area (Å²) in [5.74, 6) is -0.111. The summed E-state index contributed by atoms with van der Waals surface area (Å²) in [6.07, 6.45) is 2.54. The Morgan fingerprint density at radius 3 is 2.83 bits per heavy atom. The topological polar surface area (TPSA) is 32.3 Å². The first-order valence-electron chi connectivity index (χ1n) is 6.12. The van der Waals surface area contributed by atoms with Gasteiger partial charge in [-0.1, -0.05) is 27.5 Å². The van der Waals surface area contributed by atoms with E-state index in [1.54, 1.807) is 12.1 Å². The molecule has 2 rings (SSSR count). The summed E-state index contributed by atoms with van der Waals surface area (Å²) in [6.45, 7) is 3.88. The zero-order valence-electron chi connectivity index (χ0n) is 10.1. The van der Waals surface area contributed by atoms with Crippen LogP contribution in [0.3, 0.4) is 0 Å². The van der Waals surface area contributed by atoms with Gasteiger partial charge in [0.25, 0.3) is 5.91 Å². The number of likely N-dealkylation sites (tertiary alicyclic amines) is 1. The van der Waals surface area contributed by atoms with E-state index in [-0.39, 0.29) is 5.91 Å². The molecule has 0 atom stereocenters. The number of amides is 1. The normalized spacial score (nSPS) is 15.9. The lowest BCUT2D eigenvalue weighted by Crippen LogP contribution is -2.33. The maximum atomic E-state index is 12.0. The summed E-state index contributed by atoms with van der Waals surface area (Å²) in [5, 5.41) is 3.39. The molecule has 5 heteroatoms. The SMILES string of the molecule is O=C(NCCN1CCCC1)c1cc(Br)ccc1Cl. The number of benzene rings is 1. The molecule has 3 nitrogen and oxygen atoms in total. The molecule has 0 aromatic heterocycles. The zero-order valence-corrected chi connectivity index (χ0v) is 12.4. The maximum Gasteiger partial charge on any atom is 0.252 e. The molecule has 0 spiro atoms. The molecule has 1 aliphatic rings. The molecule has 1 aromatic carbocycles. The summed E-state index contributed by atoms with van der Waals surface area (Å²) in [5.41, 5.74) is 0.521. The number of halogens is 2. The van der Waals surface area contributed by atoms with Gasteiger partial charge in [0.2, 0.25) is 0 Å². The van der Waals surface area contributed by atoms with Crippen molar-refractivity contribution in [3.63, 3.8) is 0 Å². The molecule has 1 amide bonds. The molecule has 1 aliphatic heterocycles. The zero-order chi connectivity index (χ0) is 13.0. The van der Waals surface area contributed by atoms with E-state index >= 15 is 0 Å². The standard InChI is InChI=1S/C13H16BrClN2O/c14-10-3-4-12(15)11(9-10)13(18)16-5-8-17-6-1-2-7-17/h3-4,9H,1-2,5-8H2,(H,16,18). The molecule has 1 fully saturated rings. The Morgan fingerprint density at radius 1 is 1.39 bits per heavy atom.